The van der Waals surface area contributed by atoms with Crippen molar-refractivity contribution < 1.29 is 9.53 Å². The molecule has 0 spiro atoms. The van der Waals surface area contributed by atoms with E-state index < -0.39 is 0 Å². The fourth-order valence-corrected chi connectivity index (χ4v) is 0.715. The van der Waals surface area contributed by atoms with Crippen LogP contribution in [0.5, 0.6) is 0 Å². The molecule has 1 aliphatic rings. The van der Waals surface area contributed by atoms with E-state index in [1.807, 2.05) is 0 Å². The van der Waals surface area contributed by atoms with Crippen LogP contribution in [0.3, 0.4) is 0 Å². The molecule has 0 N–H and O–H groups in total. The van der Waals surface area contributed by atoms with Gasteiger partial charge >= 0.3 is 0 Å². The third kappa shape index (κ3) is 0.954. The molecule has 1 unspecified atom stereocenters. The standard InChI is InChI=1S/C6H8O2/c1-5-2-6(3-7)8-4-5/h3,6H,1-2,4H2. The normalized spacial score (nSPS) is 28.5. The van der Waals surface area contributed by atoms with Crippen molar-refractivity contribution in [2.75, 3.05) is 6.61 Å². The monoisotopic (exact) mass is 112 g/mol. The highest BCUT2D eigenvalue weighted by molar-refractivity contribution is 5.57. The minimum Gasteiger partial charge on any atom is -0.366 e. The molecule has 0 aromatic heterocycles. The van der Waals surface area contributed by atoms with Gasteiger partial charge < -0.3 is 9.53 Å². The lowest BCUT2D eigenvalue weighted by atomic mass is 10.2. The van der Waals surface area contributed by atoms with E-state index >= 15 is 0 Å². The van der Waals surface area contributed by atoms with Crippen molar-refractivity contribution in [3.05, 3.63) is 12.2 Å². The fourth-order valence-electron chi connectivity index (χ4n) is 0.715. The lowest BCUT2D eigenvalue weighted by Crippen LogP contribution is -2.04. The van der Waals surface area contributed by atoms with Gasteiger partial charge in [-0.1, -0.05) is 6.58 Å². The van der Waals surface area contributed by atoms with Crippen LogP contribution < -0.4 is 0 Å². The molecule has 0 bridgehead atoms. The fraction of sp³-hybridized carbons (Fsp3) is 0.500. The van der Waals surface area contributed by atoms with E-state index in [-0.39, 0.29) is 6.10 Å². The first-order valence-electron chi connectivity index (χ1n) is 2.56. The van der Waals surface area contributed by atoms with E-state index in [9.17, 15) is 4.79 Å². The Morgan fingerprint density at radius 1 is 1.88 bits per heavy atom. The van der Waals surface area contributed by atoms with Crippen molar-refractivity contribution >= 4 is 6.29 Å². The summed E-state index contributed by atoms with van der Waals surface area (Å²) in [6.07, 6.45) is 1.32. The van der Waals surface area contributed by atoms with Crippen molar-refractivity contribution in [1.82, 2.24) is 0 Å². The topological polar surface area (TPSA) is 26.3 Å². The highest BCUT2D eigenvalue weighted by Gasteiger charge is 2.16. The lowest BCUT2D eigenvalue weighted by Gasteiger charge is -1.92. The third-order valence-electron chi connectivity index (χ3n) is 1.14. The zero-order valence-electron chi connectivity index (χ0n) is 4.59. The van der Waals surface area contributed by atoms with Crippen molar-refractivity contribution in [1.29, 1.82) is 0 Å². The summed E-state index contributed by atoms with van der Waals surface area (Å²) in [5.41, 5.74) is 1.02. The van der Waals surface area contributed by atoms with Crippen molar-refractivity contribution in [2.24, 2.45) is 0 Å². The Balaban J connectivity index is 2.43. The Bertz CT molecular complexity index is 118. The second-order valence-corrected chi connectivity index (χ2v) is 1.94. The smallest absolute Gasteiger partial charge is 0.149 e. The molecule has 1 atom stereocenters. The van der Waals surface area contributed by atoms with E-state index in [2.05, 4.69) is 6.58 Å². The Hall–Kier alpha value is -0.630. The van der Waals surface area contributed by atoms with E-state index in [0.29, 0.717) is 13.0 Å². The molecule has 2 heteroatoms. The van der Waals surface area contributed by atoms with Crippen LogP contribution in [0.15, 0.2) is 12.2 Å². The van der Waals surface area contributed by atoms with Crippen molar-refractivity contribution in [2.45, 2.75) is 12.5 Å². The second-order valence-electron chi connectivity index (χ2n) is 1.94. The van der Waals surface area contributed by atoms with Crippen LogP contribution in [-0.4, -0.2) is 19.0 Å². The minimum atomic E-state index is -0.206. The zero-order chi connectivity index (χ0) is 5.98. The first-order chi connectivity index (χ1) is 3.83. The van der Waals surface area contributed by atoms with Gasteiger partial charge in [0.15, 0.2) is 0 Å². The molecule has 0 aromatic rings. The highest BCUT2D eigenvalue weighted by Crippen LogP contribution is 2.13. The summed E-state index contributed by atoms with van der Waals surface area (Å²) >= 11 is 0. The quantitative estimate of drug-likeness (QED) is 0.365. The summed E-state index contributed by atoms with van der Waals surface area (Å²) in [6, 6.07) is 0. The summed E-state index contributed by atoms with van der Waals surface area (Å²) in [5, 5.41) is 0. The molecule has 0 radical (unpaired) electrons. The Labute approximate surface area is 48.1 Å². The predicted molar refractivity (Wildman–Crippen MR) is 29.6 cm³/mol. The average molecular weight is 112 g/mol. The molecule has 0 aliphatic carbocycles. The molecular formula is C6H8O2. The Kier molecular flexibility index (Phi) is 1.44. The molecular weight excluding hydrogens is 104 g/mol. The number of rotatable bonds is 1. The molecule has 1 rings (SSSR count). The number of ether oxygens (including phenoxy) is 1. The second kappa shape index (κ2) is 2.09. The van der Waals surface area contributed by atoms with E-state index in [4.69, 9.17) is 4.74 Å². The number of hydrogen-bond donors (Lipinski definition) is 0. The summed E-state index contributed by atoms with van der Waals surface area (Å²) in [5.74, 6) is 0. The van der Waals surface area contributed by atoms with Gasteiger partial charge in [0.1, 0.15) is 12.4 Å². The van der Waals surface area contributed by atoms with Gasteiger partial charge in [0.2, 0.25) is 0 Å². The number of aldehydes is 1. The van der Waals surface area contributed by atoms with E-state index in [0.717, 1.165) is 11.9 Å². The highest BCUT2D eigenvalue weighted by atomic mass is 16.5. The molecule has 0 saturated carbocycles. The average Bonchev–Trinajstić information content (AvgIpc) is 2.14. The van der Waals surface area contributed by atoms with Crippen LogP contribution in [0, 0.1) is 0 Å². The molecule has 1 heterocycles. The predicted octanol–water partition coefficient (Wildman–Crippen LogP) is 0.530. The summed E-state index contributed by atoms with van der Waals surface area (Å²) < 4.78 is 4.95. The van der Waals surface area contributed by atoms with E-state index in [1.165, 1.54) is 0 Å². The largest absolute Gasteiger partial charge is 0.366 e. The first-order valence-corrected chi connectivity index (χ1v) is 2.56. The molecule has 1 aliphatic heterocycles. The van der Waals surface area contributed by atoms with Gasteiger partial charge in [-0.3, -0.25) is 0 Å². The molecule has 0 amide bonds. The van der Waals surface area contributed by atoms with Crippen LogP contribution in [0.1, 0.15) is 6.42 Å². The number of carbonyl (C=O) groups excluding carboxylic acids is 1. The van der Waals surface area contributed by atoms with Crippen LogP contribution in [-0.2, 0) is 9.53 Å². The van der Waals surface area contributed by atoms with Gasteiger partial charge in [0.05, 0.1) is 6.61 Å². The zero-order valence-corrected chi connectivity index (χ0v) is 4.59. The SMILES string of the molecule is C=C1COC(C=O)C1. The summed E-state index contributed by atoms with van der Waals surface area (Å²) in [4.78, 5) is 9.99. The molecule has 2 nitrogen and oxygen atoms in total. The third-order valence-corrected chi connectivity index (χ3v) is 1.14. The summed E-state index contributed by atoms with van der Waals surface area (Å²) in [7, 11) is 0. The van der Waals surface area contributed by atoms with Gasteiger partial charge in [0, 0.05) is 6.42 Å². The van der Waals surface area contributed by atoms with Crippen LogP contribution in [0.4, 0.5) is 0 Å². The summed E-state index contributed by atoms with van der Waals surface area (Å²) in [6.45, 7) is 4.23. The first kappa shape index (κ1) is 5.51. The van der Waals surface area contributed by atoms with Crippen LogP contribution in [0.25, 0.3) is 0 Å². The van der Waals surface area contributed by atoms with Crippen molar-refractivity contribution in [3.8, 4) is 0 Å². The minimum absolute atomic E-state index is 0.206. The Morgan fingerprint density at radius 3 is 2.88 bits per heavy atom. The molecule has 0 aromatic carbocycles. The van der Waals surface area contributed by atoms with Gasteiger partial charge in [-0.05, 0) is 5.57 Å². The maximum absolute atomic E-state index is 9.99. The maximum atomic E-state index is 9.99. The van der Waals surface area contributed by atoms with Gasteiger partial charge in [-0.2, -0.15) is 0 Å². The van der Waals surface area contributed by atoms with Crippen LogP contribution >= 0.6 is 0 Å². The maximum Gasteiger partial charge on any atom is 0.149 e. The van der Waals surface area contributed by atoms with Gasteiger partial charge in [-0.25, -0.2) is 0 Å². The van der Waals surface area contributed by atoms with Crippen LogP contribution in [0.2, 0.25) is 0 Å². The molecule has 1 saturated heterocycles. The van der Waals surface area contributed by atoms with Gasteiger partial charge in [0.25, 0.3) is 0 Å². The molecule has 44 valence electrons. The molecule has 8 heavy (non-hydrogen) atoms. The molecule has 1 fully saturated rings. The van der Waals surface area contributed by atoms with Crippen molar-refractivity contribution in [3.63, 3.8) is 0 Å². The Morgan fingerprint density at radius 2 is 2.62 bits per heavy atom. The number of hydrogen-bond acceptors (Lipinski definition) is 2. The van der Waals surface area contributed by atoms with Gasteiger partial charge in [-0.15, -0.1) is 0 Å². The van der Waals surface area contributed by atoms with E-state index in [1.54, 1.807) is 0 Å². The lowest BCUT2D eigenvalue weighted by molar-refractivity contribution is -0.115. The number of carbonyl (C=O) groups is 1.